The fraction of sp³-hybridized carbons (Fsp3) is 0.286. The lowest BCUT2D eigenvalue weighted by Gasteiger charge is -2.09. The highest BCUT2D eigenvalue weighted by molar-refractivity contribution is 6.29. The molecule has 0 aliphatic rings. The minimum atomic E-state index is -0.599. The molecule has 0 spiro atoms. The molecule has 0 aliphatic carbocycles. The van der Waals surface area contributed by atoms with Gasteiger partial charge < -0.3 is 14.3 Å². The second-order valence-corrected chi connectivity index (χ2v) is 4.40. The Labute approximate surface area is 111 Å². The Hall–Kier alpha value is -1.45. The molecule has 4 heteroatoms. The lowest BCUT2D eigenvalue weighted by atomic mass is 10.0. The third kappa shape index (κ3) is 3.06. The number of hydrogen-bond donors (Lipinski definition) is 1. The number of rotatable bonds is 5. The highest BCUT2D eigenvalue weighted by Gasteiger charge is 2.13. The fourth-order valence-corrected chi connectivity index (χ4v) is 2.03. The molecular weight excluding hydrogens is 252 g/mol. The molecule has 0 amide bonds. The monoisotopic (exact) mass is 266 g/mol. The molecule has 0 saturated carbocycles. The van der Waals surface area contributed by atoms with E-state index in [9.17, 15) is 5.11 Å². The minimum Gasteiger partial charge on any atom is -0.497 e. The van der Waals surface area contributed by atoms with E-state index in [4.69, 9.17) is 20.8 Å². The van der Waals surface area contributed by atoms with Crippen LogP contribution in [0.25, 0.3) is 0 Å². The van der Waals surface area contributed by atoms with Crippen LogP contribution in [0.2, 0.25) is 5.22 Å². The van der Waals surface area contributed by atoms with E-state index in [1.165, 1.54) is 6.26 Å². The minimum absolute atomic E-state index is 0.261. The Morgan fingerprint density at radius 3 is 2.56 bits per heavy atom. The Morgan fingerprint density at radius 1 is 1.28 bits per heavy atom. The Balaban J connectivity index is 1.93. The summed E-state index contributed by atoms with van der Waals surface area (Å²) >= 11 is 5.81. The first kappa shape index (κ1) is 13.0. The summed E-state index contributed by atoms with van der Waals surface area (Å²) in [6.07, 6.45) is 2.25. The van der Waals surface area contributed by atoms with Gasteiger partial charge in [-0.15, -0.1) is 0 Å². The van der Waals surface area contributed by atoms with Gasteiger partial charge in [0.15, 0.2) is 5.22 Å². The summed E-state index contributed by atoms with van der Waals surface area (Å²) < 4.78 is 10.0. The molecule has 1 N–H and O–H groups in total. The van der Waals surface area contributed by atoms with E-state index in [0.717, 1.165) is 17.7 Å². The number of methoxy groups -OCH3 is 1. The summed E-state index contributed by atoms with van der Waals surface area (Å²) in [4.78, 5) is 0. The predicted molar refractivity (Wildman–Crippen MR) is 70.0 cm³/mol. The number of hydrogen-bond acceptors (Lipinski definition) is 3. The van der Waals surface area contributed by atoms with Crippen LogP contribution in [-0.4, -0.2) is 12.2 Å². The maximum atomic E-state index is 9.98. The van der Waals surface area contributed by atoms with Gasteiger partial charge in [-0.25, -0.2) is 0 Å². The van der Waals surface area contributed by atoms with Gasteiger partial charge in [0, 0.05) is 5.56 Å². The molecule has 2 rings (SSSR count). The molecule has 18 heavy (non-hydrogen) atoms. The normalized spacial score (nSPS) is 12.4. The molecule has 0 fully saturated rings. The zero-order valence-corrected chi connectivity index (χ0v) is 10.9. The highest BCUT2D eigenvalue weighted by Crippen LogP contribution is 2.27. The van der Waals surface area contributed by atoms with Crippen molar-refractivity contribution in [2.24, 2.45) is 0 Å². The van der Waals surface area contributed by atoms with Gasteiger partial charge in [-0.1, -0.05) is 12.1 Å². The van der Waals surface area contributed by atoms with Gasteiger partial charge in [0.05, 0.1) is 19.5 Å². The average Bonchev–Trinajstić information content (AvgIpc) is 2.83. The second-order valence-electron chi connectivity index (χ2n) is 4.05. The van der Waals surface area contributed by atoms with Crippen LogP contribution >= 0.6 is 11.6 Å². The first-order valence-electron chi connectivity index (χ1n) is 5.74. The molecule has 2 aromatic rings. The number of furan rings is 1. The van der Waals surface area contributed by atoms with Crippen LogP contribution in [0, 0.1) is 0 Å². The van der Waals surface area contributed by atoms with Gasteiger partial charge in [0.1, 0.15) is 5.75 Å². The van der Waals surface area contributed by atoms with Gasteiger partial charge in [-0.2, -0.15) is 0 Å². The molecule has 1 aromatic carbocycles. The van der Waals surface area contributed by atoms with Crippen molar-refractivity contribution in [1.29, 1.82) is 0 Å². The molecule has 1 atom stereocenters. The molecule has 1 heterocycles. The van der Waals surface area contributed by atoms with Crippen molar-refractivity contribution in [3.8, 4) is 5.75 Å². The summed E-state index contributed by atoms with van der Waals surface area (Å²) in [5.74, 6) is 0.831. The molecule has 96 valence electrons. The van der Waals surface area contributed by atoms with E-state index in [1.807, 2.05) is 24.3 Å². The Bertz CT molecular complexity index is 490. The number of aryl methyl sites for hydroxylation is 1. The maximum Gasteiger partial charge on any atom is 0.198 e. The van der Waals surface area contributed by atoms with Crippen molar-refractivity contribution in [2.45, 2.75) is 18.9 Å². The number of aliphatic hydroxyl groups is 1. The average molecular weight is 267 g/mol. The van der Waals surface area contributed by atoms with Crippen LogP contribution < -0.4 is 4.74 Å². The number of benzene rings is 1. The second kappa shape index (κ2) is 5.94. The van der Waals surface area contributed by atoms with Crippen LogP contribution in [0.4, 0.5) is 0 Å². The van der Waals surface area contributed by atoms with Gasteiger partial charge in [0.2, 0.25) is 0 Å². The van der Waals surface area contributed by atoms with E-state index < -0.39 is 6.10 Å². The van der Waals surface area contributed by atoms with E-state index in [0.29, 0.717) is 12.0 Å². The topological polar surface area (TPSA) is 42.6 Å². The van der Waals surface area contributed by atoms with Crippen molar-refractivity contribution < 1.29 is 14.3 Å². The number of ether oxygens (including phenoxy) is 1. The fourth-order valence-electron chi connectivity index (χ4n) is 1.79. The van der Waals surface area contributed by atoms with Crippen molar-refractivity contribution in [2.75, 3.05) is 7.11 Å². The maximum absolute atomic E-state index is 9.98. The van der Waals surface area contributed by atoms with Crippen LogP contribution in [0.5, 0.6) is 5.75 Å². The third-order valence-corrected chi connectivity index (χ3v) is 3.18. The summed E-state index contributed by atoms with van der Waals surface area (Å²) in [5, 5.41) is 10.2. The zero-order chi connectivity index (χ0) is 13.0. The van der Waals surface area contributed by atoms with Gasteiger partial charge in [0.25, 0.3) is 0 Å². The largest absolute Gasteiger partial charge is 0.497 e. The third-order valence-electron chi connectivity index (χ3n) is 2.87. The van der Waals surface area contributed by atoms with Gasteiger partial charge in [-0.05, 0) is 48.2 Å². The molecule has 1 aromatic heterocycles. The Morgan fingerprint density at radius 2 is 2.00 bits per heavy atom. The molecular formula is C14H15ClO3. The van der Waals surface area contributed by atoms with Gasteiger partial charge >= 0.3 is 0 Å². The van der Waals surface area contributed by atoms with Crippen LogP contribution in [0.1, 0.15) is 23.7 Å². The highest BCUT2D eigenvalue weighted by atomic mass is 35.5. The summed E-state index contributed by atoms with van der Waals surface area (Å²) in [7, 11) is 1.64. The van der Waals surface area contributed by atoms with Crippen LogP contribution in [-0.2, 0) is 6.42 Å². The molecule has 1 unspecified atom stereocenters. The van der Waals surface area contributed by atoms with E-state index >= 15 is 0 Å². The van der Waals surface area contributed by atoms with Gasteiger partial charge in [-0.3, -0.25) is 0 Å². The standard InChI is InChI=1S/C14H15ClO3/c1-17-11-5-2-10(3-6-11)4-7-13(16)12-8-9-18-14(12)15/h2-3,5-6,8-9,13,16H,4,7H2,1H3. The molecule has 0 saturated heterocycles. The molecule has 3 nitrogen and oxygen atoms in total. The van der Waals surface area contributed by atoms with Crippen LogP contribution in [0.3, 0.4) is 0 Å². The summed E-state index contributed by atoms with van der Waals surface area (Å²) in [5.41, 5.74) is 1.79. The zero-order valence-electron chi connectivity index (χ0n) is 10.1. The lowest BCUT2D eigenvalue weighted by molar-refractivity contribution is 0.167. The van der Waals surface area contributed by atoms with Crippen LogP contribution in [0.15, 0.2) is 41.0 Å². The smallest absolute Gasteiger partial charge is 0.198 e. The molecule has 0 radical (unpaired) electrons. The quantitative estimate of drug-likeness (QED) is 0.899. The van der Waals surface area contributed by atoms with E-state index in [2.05, 4.69) is 0 Å². The first-order valence-corrected chi connectivity index (χ1v) is 6.12. The first-order chi connectivity index (χ1) is 8.70. The summed E-state index contributed by atoms with van der Waals surface area (Å²) in [6, 6.07) is 9.49. The van der Waals surface area contributed by atoms with Crippen molar-refractivity contribution in [3.05, 3.63) is 52.9 Å². The SMILES string of the molecule is COc1ccc(CCC(O)c2ccoc2Cl)cc1. The van der Waals surface area contributed by atoms with Crippen molar-refractivity contribution in [1.82, 2.24) is 0 Å². The van der Waals surface area contributed by atoms with Crippen molar-refractivity contribution in [3.63, 3.8) is 0 Å². The molecule has 0 aliphatic heterocycles. The number of halogens is 1. The van der Waals surface area contributed by atoms with Crippen molar-refractivity contribution >= 4 is 11.6 Å². The summed E-state index contributed by atoms with van der Waals surface area (Å²) in [6.45, 7) is 0. The molecule has 0 bridgehead atoms. The number of aliphatic hydroxyl groups excluding tert-OH is 1. The predicted octanol–water partition coefficient (Wildman–Crippen LogP) is 3.61. The van der Waals surface area contributed by atoms with E-state index in [1.54, 1.807) is 13.2 Å². The Kier molecular flexibility index (Phi) is 4.28. The van der Waals surface area contributed by atoms with E-state index in [-0.39, 0.29) is 5.22 Å². The lowest BCUT2D eigenvalue weighted by Crippen LogP contribution is -1.99.